The van der Waals surface area contributed by atoms with Crippen LogP contribution in [0.15, 0.2) is 0 Å². The van der Waals surface area contributed by atoms with Gasteiger partial charge in [-0.1, -0.05) is 5.92 Å². The van der Waals surface area contributed by atoms with E-state index in [9.17, 15) is 4.79 Å². The number of morpholine rings is 1. The van der Waals surface area contributed by atoms with Crippen molar-refractivity contribution in [2.24, 2.45) is 0 Å². The summed E-state index contributed by atoms with van der Waals surface area (Å²) in [6.45, 7) is 1.72. The smallest absolute Gasteiger partial charge is 0.317 e. The van der Waals surface area contributed by atoms with Crippen molar-refractivity contribution >= 4 is 5.97 Å². The van der Waals surface area contributed by atoms with Crippen molar-refractivity contribution in [3.05, 3.63) is 0 Å². The van der Waals surface area contributed by atoms with E-state index in [2.05, 4.69) is 5.92 Å². The maximum Gasteiger partial charge on any atom is 0.317 e. The Morgan fingerprint density at radius 1 is 1.83 bits per heavy atom. The molecule has 0 aromatic rings. The summed E-state index contributed by atoms with van der Waals surface area (Å²) in [5.41, 5.74) is 0. The molecule has 1 unspecified atom stereocenters. The number of carboxylic acid groups (broad SMARTS) is 1. The summed E-state index contributed by atoms with van der Waals surface area (Å²) in [5, 5.41) is 8.49. The zero-order valence-corrected chi connectivity index (χ0v) is 6.69. The van der Waals surface area contributed by atoms with Crippen LogP contribution in [-0.2, 0) is 9.53 Å². The fourth-order valence-corrected chi connectivity index (χ4v) is 1.14. The Morgan fingerprint density at radius 3 is 3.17 bits per heavy atom. The van der Waals surface area contributed by atoms with Crippen molar-refractivity contribution in [2.45, 2.75) is 6.10 Å². The molecule has 0 saturated carbocycles. The van der Waals surface area contributed by atoms with Gasteiger partial charge in [0, 0.05) is 13.1 Å². The lowest BCUT2D eigenvalue weighted by molar-refractivity contribution is -0.139. The Bertz CT molecular complexity index is 209. The third kappa shape index (κ3) is 2.53. The van der Waals surface area contributed by atoms with Crippen LogP contribution < -0.4 is 0 Å². The number of ether oxygens (including phenoxy) is 1. The molecule has 1 atom stereocenters. The maximum absolute atomic E-state index is 10.3. The number of carboxylic acids is 1. The molecule has 12 heavy (non-hydrogen) atoms. The Morgan fingerprint density at radius 2 is 2.58 bits per heavy atom. The van der Waals surface area contributed by atoms with Crippen molar-refractivity contribution in [2.75, 3.05) is 26.2 Å². The van der Waals surface area contributed by atoms with Crippen molar-refractivity contribution in [3.8, 4) is 12.3 Å². The fraction of sp³-hybridized carbons (Fsp3) is 0.625. The van der Waals surface area contributed by atoms with Gasteiger partial charge < -0.3 is 9.84 Å². The normalized spacial score (nSPS) is 24.8. The van der Waals surface area contributed by atoms with Crippen LogP contribution in [0.2, 0.25) is 0 Å². The minimum Gasteiger partial charge on any atom is -0.480 e. The summed E-state index contributed by atoms with van der Waals surface area (Å²) in [6, 6.07) is 0. The van der Waals surface area contributed by atoms with E-state index in [0.717, 1.165) is 0 Å². The standard InChI is InChI=1S/C8H11NO3/c1-2-7-5-9(3-4-12-7)6-8(10)11/h1,7H,3-6H2,(H,10,11). The molecule has 1 fully saturated rings. The van der Waals surface area contributed by atoms with E-state index in [1.165, 1.54) is 0 Å². The van der Waals surface area contributed by atoms with Crippen molar-refractivity contribution in [1.29, 1.82) is 0 Å². The third-order valence-corrected chi connectivity index (χ3v) is 1.70. The second-order valence-electron chi connectivity index (χ2n) is 2.65. The molecule has 1 N–H and O–H groups in total. The van der Waals surface area contributed by atoms with E-state index in [1.807, 2.05) is 0 Å². The largest absolute Gasteiger partial charge is 0.480 e. The Kier molecular flexibility index (Phi) is 3.09. The molecule has 66 valence electrons. The first-order valence-corrected chi connectivity index (χ1v) is 3.74. The fourth-order valence-electron chi connectivity index (χ4n) is 1.14. The topological polar surface area (TPSA) is 49.8 Å². The minimum absolute atomic E-state index is 0.0432. The molecule has 1 heterocycles. The van der Waals surface area contributed by atoms with Crippen molar-refractivity contribution < 1.29 is 14.6 Å². The van der Waals surface area contributed by atoms with Crippen LogP contribution in [-0.4, -0.2) is 48.3 Å². The average Bonchev–Trinajstić information content (AvgIpc) is 2.03. The summed E-state index contributed by atoms with van der Waals surface area (Å²) in [5.74, 6) is 1.62. The van der Waals surface area contributed by atoms with Gasteiger partial charge in [0.1, 0.15) is 6.10 Å². The summed E-state index contributed by atoms with van der Waals surface area (Å²) < 4.78 is 5.17. The van der Waals surface area contributed by atoms with Gasteiger partial charge in [0.05, 0.1) is 13.2 Å². The van der Waals surface area contributed by atoms with Gasteiger partial charge in [-0.15, -0.1) is 6.42 Å². The quantitative estimate of drug-likeness (QED) is 0.561. The van der Waals surface area contributed by atoms with Crippen molar-refractivity contribution in [3.63, 3.8) is 0 Å². The molecule has 0 amide bonds. The maximum atomic E-state index is 10.3. The van der Waals surface area contributed by atoms with Crippen LogP contribution in [0.5, 0.6) is 0 Å². The molecule has 0 bridgehead atoms. The Balaban J connectivity index is 2.36. The van der Waals surface area contributed by atoms with E-state index in [1.54, 1.807) is 4.90 Å². The van der Waals surface area contributed by atoms with Gasteiger partial charge in [0.25, 0.3) is 0 Å². The highest BCUT2D eigenvalue weighted by atomic mass is 16.5. The first kappa shape index (κ1) is 9.04. The average molecular weight is 169 g/mol. The van der Waals surface area contributed by atoms with E-state index < -0.39 is 5.97 Å². The summed E-state index contributed by atoms with van der Waals surface area (Å²) in [4.78, 5) is 12.1. The minimum atomic E-state index is -0.826. The monoisotopic (exact) mass is 169 g/mol. The van der Waals surface area contributed by atoms with Crippen LogP contribution in [0.4, 0.5) is 0 Å². The highest BCUT2D eigenvalue weighted by Crippen LogP contribution is 2.02. The number of rotatable bonds is 2. The number of hydrogen-bond acceptors (Lipinski definition) is 3. The predicted octanol–water partition coefficient (Wildman–Crippen LogP) is -0.595. The molecule has 0 aromatic heterocycles. The zero-order chi connectivity index (χ0) is 8.97. The van der Waals surface area contributed by atoms with Crippen LogP contribution in [0.3, 0.4) is 0 Å². The van der Waals surface area contributed by atoms with Gasteiger partial charge in [-0.2, -0.15) is 0 Å². The van der Waals surface area contributed by atoms with E-state index in [-0.39, 0.29) is 12.6 Å². The third-order valence-electron chi connectivity index (χ3n) is 1.70. The molecule has 0 aliphatic carbocycles. The molecule has 1 aliphatic heterocycles. The van der Waals surface area contributed by atoms with Gasteiger partial charge in [-0.25, -0.2) is 0 Å². The SMILES string of the molecule is C#CC1CN(CC(=O)O)CCO1. The van der Waals surface area contributed by atoms with Crippen LogP contribution in [0.25, 0.3) is 0 Å². The molecule has 0 radical (unpaired) electrons. The molecule has 4 nitrogen and oxygen atoms in total. The van der Waals surface area contributed by atoms with Crippen molar-refractivity contribution in [1.82, 2.24) is 4.90 Å². The van der Waals surface area contributed by atoms with Gasteiger partial charge in [0.15, 0.2) is 0 Å². The summed E-state index contributed by atoms with van der Waals surface area (Å²) in [6.07, 6.45) is 4.90. The molecule has 4 heteroatoms. The van der Waals surface area contributed by atoms with Crippen LogP contribution in [0.1, 0.15) is 0 Å². The van der Waals surface area contributed by atoms with Gasteiger partial charge in [0.2, 0.25) is 0 Å². The number of terminal acetylenes is 1. The lowest BCUT2D eigenvalue weighted by Gasteiger charge is -2.28. The number of aliphatic carboxylic acids is 1. The molecule has 1 saturated heterocycles. The lowest BCUT2D eigenvalue weighted by Crippen LogP contribution is -2.44. The van der Waals surface area contributed by atoms with Gasteiger partial charge in [-0.3, -0.25) is 9.69 Å². The van der Waals surface area contributed by atoms with Gasteiger partial charge >= 0.3 is 5.97 Å². The number of carbonyl (C=O) groups is 1. The molecular weight excluding hydrogens is 158 g/mol. The predicted molar refractivity (Wildman–Crippen MR) is 42.6 cm³/mol. The Hall–Kier alpha value is -1.05. The molecule has 1 aliphatic rings. The second-order valence-corrected chi connectivity index (χ2v) is 2.65. The number of nitrogens with zero attached hydrogens (tertiary/aromatic N) is 1. The summed E-state index contributed by atoms with van der Waals surface area (Å²) in [7, 11) is 0. The van der Waals surface area contributed by atoms with Crippen LogP contribution >= 0.6 is 0 Å². The first-order valence-electron chi connectivity index (χ1n) is 3.74. The molecular formula is C8H11NO3. The number of hydrogen-bond donors (Lipinski definition) is 1. The second kappa shape index (κ2) is 4.10. The molecule has 1 rings (SSSR count). The van der Waals surface area contributed by atoms with E-state index >= 15 is 0 Å². The zero-order valence-electron chi connectivity index (χ0n) is 6.69. The molecule has 0 aromatic carbocycles. The van der Waals surface area contributed by atoms with Gasteiger partial charge in [-0.05, 0) is 0 Å². The Labute approximate surface area is 71.1 Å². The summed E-state index contributed by atoms with van der Waals surface area (Å²) >= 11 is 0. The first-order chi connectivity index (χ1) is 5.72. The van der Waals surface area contributed by atoms with E-state index in [0.29, 0.717) is 19.7 Å². The van der Waals surface area contributed by atoms with Crippen LogP contribution in [0, 0.1) is 12.3 Å². The lowest BCUT2D eigenvalue weighted by atomic mass is 10.3. The molecule has 0 spiro atoms. The highest BCUT2D eigenvalue weighted by molar-refractivity contribution is 5.69. The van der Waals surface area contributed by atoms with E-state index in [4.69, 9.17) is 16.3 Å². The highest BCUT2D eigenvalue weighted by Gasteiger charge is 2.19.